The maximum atomic E-state index is 12.5. The Bertz CT molecular complexity index is 699. The molecule has 2 rings (SSSR count). The van der Waals surface area contributed by atoms with Gasteiger partial charge in [0.2, 0.25) is 10.0 Å². The normalized spacial score (nSPS) is 11.7. The molecular weight excluding hydrogens is 372 g/mol. The molecule has 0 bridgehead atoms. The zero-order valence-corrected chi connectivity index (χ0v) is 14.8. The number of sulfonamides is 1. The van der Waals surface area contributed by atoms with Crippen LogP contribution in [0.2, 0.25) is 0 Å². The molecule has 0 radical (unpaired) electrons. The molecule has 0 aliphatic rings. The van der Waals surface area contributed by atoms with Gasteiger partial charge in [-0.3, -0.25) is 0 Å². The molecule has 0 saturated carbocycles. The number of thiophene rings is 1. The van der Waals surface area contributed by atoms with E-state index in [1.165, 1.54) is 11.3 Å². The van der Waals surface area contributed by atoms with E-state index in [0.717, 1.165) is 20.8 Å². The molecule has 0 aliphatic heterocycles. The molecule has 0 atom stereocenters. The third kappa shape index (κ3) is 4.62. The van der Waals surface area contributed by atoms with Crippen LogP contribution in [0.25, 0.3) is 0 Å². The van der Waals surface area contributed by atoms with Crippen molar-refractivity contribution in [3.63, 3.8) is 0 Å². The summed E-state index contributed by atoms with van der Waals surface area (Å²) in [4.78, 5) is 1.30. The lowest BCUT2D eigenvalue weighted by Gasteiger charge is -2.11. The molecule has 0 saturated heterocycles. The molecule has 7 heteroatoms. The number of rotatable bonds is 7. The standard InChI is InChI=1S/C14H17BrN2O2S2/c1-2-16-9-11-5-3-4-6-13(11)21(18,19)17-10-12-7-8-14(15)20-12/h3-8,16-17H,2,9-10H2,1H3. The maximum Gasteiger partial charge on any atom is 0.241 e. The fourth-order valence-corrected chi connectivity index (χ4v) is 4.62. The van der Waals surface area contributed by atoms with Gasteiger partial charge in [0.15, 0.2) is 0 Å². The average Bonchev–Trinajstić information content (AvgIpc) is 2.89. The quantitative estimate of drug-likeness (QED) is 0.765. The summed E-state index contributed by atoms with van der Waals surface area (Å²) in [6.45, 7) is 3.63. The first-order valence-corrected chi connectivity index (χ1v) is 9.64. The Morgan fingerprint density at radius 1 is 1.14 bits per heavy atom. The molecular formula is C14H17BrN2O2S2. The predicted molar refractivity (Wildman–Crippen MR) is 89.9 cm³/mol. The van der Waals surface area contributed by atoms with Crippen molar-refractivity contribution in [3.8, 4) is 0 Å². The zero-order chi connectivity index (χ0) is 15.3. The Hall–Kier alpha value is -0.730. The minimum Gasteiger partial charge on any atom is -0.313 e. The summed E-state index contributed by atoms with van der Waals surface area (Å²) < 4.78 is 28.5. The van der Waals surface area contributed by atoms with E-state index in [-0.39, 0.29) is 0 Å². The van der Waals surface area contributed by atoms with Crippen LogP contribution in [-0.4, -0.2) is 15.0 Å². The smallest absolute Gasteiger partial charge is 0.241 e. The van der Waals surface area contributed by atoms with Crippen molar-refractivity contribution in [2.24, 2.45) is 0 Å². The minimum absolute atomic E-state index is 0.300. The fraction of sp³-hybridized carbons (Fsp3) is 0.286. The highest BCUT2D eigenvalue weighted by molar-refractivity contribution is 9.11. The van der Waals surface area contributed by atoms with E-state index in [4.69, 9.17) is 0 Å². The third-order valence-corrected chi connectivity index (χ3v) is 6.02. The maximum absolute atomic E-state index is 12.5. The summed E-state index contributed by atoms with van der Waals surface area (Å²) in [7, 11) is -3.51. The number of hydrogen-bond acceptors (Lipinski definition) is 4. The first-order valence-electron chi connectivity index (χ1n) is 6.55. The van der Waals surface area contributed by atoms with Crippen LogP contribution in [0.4, 0.5) is 0 Å². The molecule has 1 aromatic heterocycles. The van der Waals surface area contributed by atoms with Crippen LogP contribution in [0.1, 0.15) is 17.4 Å². The molecule has 4 nitrogen and oxygen atoms in total. The molecule has 21 heavy (non-hydrogen) atoms. The highest BCUT2D eigenvalue weighted by Crippen LogP contribution is 2.22. The minimum atomic E-state index is -3.51. The molecule has 0 amide bonds. The van der Waals surface area contributed by atoms with Gasteiger partial charge < -0.3 is 5.32 Å². The predicted octanol–water partition coefficient (Wildman–Crippen LogP) is 3.10. The number of benzene rings is 1. The first kappa shape index (κ1) is 16.6. The molecule has 0 aliphatic carbocycles. The Labute approximate surface area is 137 Å². The van der Waals surface area contributed by atoms with Gasteiger partial charge in [-0.05, 0) is 46.2 Å². The lowest BCUT2D eigenvalue weighted by atomic mass is 10.2. The van der Waals surface area contributed by atoms with Gasteiger partial charge in [-0.25, -0.2) is 13.1 Å². The molecule has 0 fully saturated rings. The Morgan fingerprint density at radius 3 is 2.57 bits per heavy atom. The van der Waals surface area contributed by atoms with Gasteiger partial charge in [0.05, 0.1) is 8.68 Å². The van der Waals surface area contributed by atoms with Crippen molar-refractivity contribution in [1.29, 1.82) is 0 Å². The van der Waals surface area contributed by atoms with E-state index in [2.05, 4.69) is 26.0 Å². The Morgan fingerprint density at radius 2 is 1.90 bits per heavy atom. The largest absolute Gasteiger partial charge is 0.313 e. The average molecular weight is 389 g/mol. The highest BCUT2D eigenvalue weighted by Gasteiger charge is 2.17. The topological polar surface area (TPSA) is 58.2 Å². The summed E-state index contributed by atoms with van der Waals surface area (Å²) >= 11 is 4.89. The second-order valence-corrected chi connectivity index (χ2v) is 8.70. The van der Waals surface area contributed by atoms with Crippen molar-refractivity contribution in [2.75, 3.05) is 6.54 Å². The van der Waals surface area contributed by atoms with Crippen LogP contribution in [0.3, 0.4) is 0 Å². The number of hydrogen-bond donors (Lipinski definition) is 2. The summed E-state index contributed by atoms with van der Waals surface area (Å²) in [5.41, 5.74) is 0.777. The van der Waals surface area contributed by atoms with Gasteiger partial charge in [0.1, 0.15) is 0 Å². The van der Waals surface area contributed by atoms with Gasteiger partial charge in [0.25, 0.3) is 0 Å². The monoisotopic (exact) mass is 388 g/mol. The van der Waals surface area contributed by atoms with Gasteiger partial charge in [-0.2, -0.15) is 0 Å². The SMILES string of the molecule is CCNCc1ccccc1S(=O)(=O)NCc1ccc(Br)s1. The van der Waals surface area contributed by atoms with Crippen LogP contribution >= 0.6 is 27.3 Å². The molecule has 1 heterocycles. The second kappa shape index (κ2) is 7.51. The lowest BCUT2D eigenvalue weighted by Crippen LogP contribution is -2.25. The van der Waals surface area contributed by atoms with Crippen molar-refractivity contribution >= 4 is 37.3 Å². The summed E-state index contributed by atoms with van der Waals surface area (Å²) in [6, 6.07) is 10.9. The third-order valence-electron chi connectivity index (χ3n) is 2.89. The van der Waals surface area contributed by atoms with E-state index >= 15 is 0 Å². The first-order chi connectivity index (χ1) is 10.0. The second-order valence-electron chi connectivity index (χ2n) is 4.42. The van der Waals surface area contributed by atoms with Crippen LogP contribution < -0.4 is 10.0 Å². The number of halogens is 1. The molecule has 1 aromatic carbocycles. The van der Waals surface area contributed by atoms with E-state index in [1.807, 2.05) is 31.2 Å². The molecule has 2 aromatic rings. The van der Waals surface area contributed by atoms with Crippen molar-refractivity contribution < 1.29 is 8.42 Å². The van der Waals surface area contributed by atoms with Crippen LogP contribution in [0.5, 0.6) is 0 Å². The highest BCUT2D eigenvalue weighted by atomic mass is 79.9. The number of nitrogens with one attached hydrogen (secondary N) is 2. The summed E-state index contributed by atoms with van der Waals surface area (Å²) in [5.74, 6) is 0. The molecule has 114 valence electrons. The van der Waals surface area contributed by atoms with Crippen LogP contribution in [-0.2, 0) is 23.1 Å². The van der Waals surface area contributed by atoms with Crippen molar-refractivity contribution in [2.45, 2.75) is 24.9 Å². The zero-order valence-electron chi connectivity index (χ0n) is 11.6. The van der Waals surface area contributed by atoms with Gasteiger partial charge in [0, 0.05) is 18.0 Å². The van der Waals surface area contributed by atoms with Gasteiger partial charge >= 0.3 is 0 Å². The molecule has 2 N–H and O–H groups in total. The van der Waals surface area contributed by atoms with E-state index in [1.54, 1.807) is 12.1 Å². The molecule has 0 spiro atoms. The van der Waals surface area contributed by atoms with Crippen LogP contribution in [0.15, 0.2) is 45.1 Å². The summed E-state index contributed by atoms with van der Waals surface area (Å²) in [5, 5.41) is 3.16. The fourth-order valence-electron chi connectivity index (χ4n) is 1.86. The van der Waals surface area contributed by atoms with Gasteiger partial charge in [-0.1, -0.05) is 25.1 Å². The van der Waals surface area contributed by atoms with E-state index < -0.39 is 10.0 Å². The summed E-state index contributed by atoms with van der Waals surface area (Å²) in [6.07, 6.45) is 0. The lowest BCUT2D eigenvalue weighted by molar-refractivity contribution is 0.579. The van der Waals surface area contributed by atoms with Crippen molar-refractivity contribution in [1.82, 2.24) is 10.0 Å². The Balaban J connectivity index is 2.15. The van der Waals surface area contributed by atoms with Gasteiger partial charge in [-0.15, -0.1) is 11.3 Å². The van der Waals surface area contributed by atoms with E-state index in [9.17, 15) is 8.42 Å². The van der Waals surface area contributed by atoms with Crippen LogP contribution in [0, 0.1) is 0 Å². The Kier molecular flexibility index (Phi) is 5.95. The van der Waals surface area contributed by atoms with Crippen molar-refractivity contribution in [3.05, 3.63) is 50.6 Å². The van der Waals surface area contributed by atoms with E-state index in [0.29, 0.717) is 18.0 Å². The molecule has 0 unspecified atom stereocenters.